The maximum atomic E-state index is 9.52. The zero-order valence-electron chi connectivity index (χ0n) is 10.8. The third kappa shape index (κ3) is 3.98. The molecule has 1 atom stereocenters. The van der Waals surface area contributed by atoms with Gasteiger partial charge in [-0.15, -0.1) is 0 Å². The summed E-state index contributed by atoms with van der Waals surface area (Å²) in [5.41, 5.74) is 0.985. The van der Waals surface area contributed by atoms with Crippen LogP contribution in [0.15, 0.2) is 12.1 Å². The first-order chi connectivity index (χ1) is 9.20. The van der Waals surface area contributed by atoms with Crippen molar-refractivity contribution in [3.8, 4) is 11.5 Å². The lowest BCUT2D eigenvalue weighted by molar-refractivity contribution is 0.0644. The number of hydrogen-bond donors (Lipinski definition) is 2. The minimum atomic E-state index is -0.516. The minimum absolute atomic E-state index is 0.314. The van der Waals surface area contributed by atoms with Crippen molar-refractivity contribution >= 4 is 11.6 Å². The second kappa shape index (κ2) is 6.96. The number of halogens is 1. The Balaban J connectivity index is 1.92. The molecule has 1 aliphatic heterocycles. The summed E-state index contributed by atoms with van der Waals surface area (Å²) in [5.74, 6) is 1.28. The highest BCUT2D eigenvalue weighted by Crippen LogP contribution is 2.38. The Morgan fingerprint density at radius 1 is 1.42 bits per heavy atom. The Morgan fingerprint density at radius 2 is 2.21 bits per heavy atom. The Bertz CT molecular complexity index is 427. The Kier molecular flexibility index (Phi) is 5.27. The molecule has 1 aliphatic rings. The molecule has 0 saturated heterocycles. The van der Waals surface area contributed by atoms with E-state index < -0.39 is 6.10 Å². The summed E-state index contributed by atoms with van der Waals surface area (Å²) in [7, 11) is 1.56. The zero-order valence-corrected chi connectivity index (χ0v) is 11.6. The molecule has 2 N–H and O–H groups in total. The van der Waals surface area contributed by atoms with Crippen molar-refractivity contribution in [1.29, 1.82) is 0 Å². The molecule has 106 valence electrons. The van der Waals surface area contributed by atoms with Gasteiger partial charge in [-0.05, 0) is 17.7 Å². The lowest BCUT2D eigenvalue weighted by Gasteiger charge is -2.20. The summed E-state index contributed by atoms with van der Waals surface area (Å²) in [4.78, 5) is 0. The summed E-state index contributed by atoms with van der Waals surface area (Å²) in [5, 5.41) is 13.2. The first-order valence-corrected chi connectivity index (χ1v) is 6.54. The number of aliphatic hydroxyl groups is 1. The number of hydrogen-bond acceptors (Lipinski definition) is 5. The number of benzene rings is 1. The van der Waals surface area contributed by atoms with E-state index in [-0.39, 0.29) is 0 Å². The highest BCUT2D eigenvalue weighted by Gasteiger charge is 2.16. The molecule has 2 rings (SSSR count). The Hall–Kier alpha value is -1.01. The number of rotatable bonds is 6. The molecular weight excluding hydrogens is 270 g/mol. The van der Waals surface area contributed by atoms with Gasteiger partial charge in [0, 0.05) is 20.2 Å². The van der Waals surface area contributed by atoms with Crippen molar-refractivity contribution in [3.05, 3.63) is 22.7 Å². The average Bonchev–Trinajstić information content (AvgIpc) is 2.39. The molecule has 1 unspecified atom stereocenters. The van der Waals surface area contributed by atoms with Crippen molar-refractivity contribution in [2.75, 3.05) is 33.5 Å². The molecule has 0 amide bonds. The normalized spacial score (nSPS) is 15.3. The molecule has 0 fully saturated rings. The van der Waals surface area contributed by atoms with Crippen molar-refractivity contribution in [1.82, 2.24) is 5.32 Å². The summed E-state index contributed by atoms with van der Waals surface area (Å²) in [6, 6.07) is 3.74. The van der Waals surface area contributed by atoms with Crippen LogP contribution in [0.3, 0.4) is 0 Å². The SMILES string of the molecule is COCC(O)CNCc1cc(Cl)c2c(c1)OCCO2. The molecule has 0 aromatic heterocycles. The van der Waals surface area contributed by atoms with E-state index in [2.05, 4.69) is 5.32 Å². The van der Waals surface area contributed by atoms with Crippen molar-refractivity contribution in [2.45, 2.75) is 12.6 Å². The van der Waals surface area contributed by atoms with Gasteiger partial charge in [0.1, 0.15) is 13.2 Å². The predicted molar refractivity (Wildman–Crippen MR) is 72.0 cm³/mol. The summed E-state index contributed by atoms with van der Waals surface area (Å²) >= 11 is 6.14. The topological polar surface area (TPSA) is 60.0 Å². The second-order valence-electron chi connectivity index (χ2n) is 4.34. The number of ether oxygens (including phenoxy) is 3. The largest absolute Gasteiger partial charge is 0.486 e. The van der Waals surface area contributed by atoms with E-state index in [9.17, 15) is 5.11 Å². The van der Waals surface area contributed by atoms with E-state index in [1.54, 1.807) is 7.11 Å². The third-order valence-corrected chi connectivity index (χ3v) is 3.01. The standard InChI is InChI=1S/C13H18ClNO4/c1-17-8-10(16)7-15-6-9-4-11(14)13-12(5-9)18-2-3-19-13/h4-5,10,15-16H,2-3,6-8H2,1H3. The van der Waals surface area contributed by atoms with Gasteiger partial charge in [-0.1, -0.05) is 11.6 Å². The van der Waals surface area contributed by atoms with Crippen LogP contribution in [0.2, 0.25) is 5.02 Å². The van der Waals surface area contributed by atoms with Crippen LogP contribution in [-0.2, 0) is 11.3 Å². The van der Waals surface area contributed by atoms with Gasteiger partial charge in [-0.2, -0.15) is 0 Å². The molecule has 1 aromatic rings. The number of fused-ring (bicyclic) bond motifs is 1. The first-order valence-electron chi connectivity index (χ1n) is 6.16. The van der Waals surface area contributed by atoms with Gasteiger partial charge in [0.25, 0.3) is 0 Å². The second-order valence-corrected chi connectivity index (χ2v) is 4.75. The lowest BCUT2D eigenvalue weighted by Crippen LogP contribution is -2.29. The van der Waals surface area contributed by atoms with Crippen LogP contribution in [0.25, 0.3) is 0 Å². The van der Waals surface area contributed by atoms with Crippen LogP contribution in [0, 0.1) is 0 Å². The van der Waals surface area contributed by atoms with E-state index in [0.717, 1.165) is 5.56 Å². The monoisotopic (exact) mass is 287 g/mol. The van der Waals surface area contributed by atoms with Crippen LogP contribution in [0.1, 0.15) is 5.56 Å². The van der Waals surface area contributed by atoms with E-state index in [1.807, 2.05) is 12.1 Å². The fourth-order valence-electron chi connectivity index (χ4n) is 1.90. The smallest absolute Gasteiger partial charge is 0.179 e. The fraction of sp³-hybridized carbons (Fsp3) is 0.538. The minimum Gasteiger partial charge on any atom is -0.486 e. The highest BCUT2D eigenvalue weighted by molar-refractivity contribution is 6.32. The Labute approximate surface area is 117 Å². The fourth-order valence-corrected chi connectivity index (χ4v) is 2.19. The Morgan fingerprint density at radius 3 is 3.00 bits per heavy atom. The summed E-state index contributed by atoms with van der Waals surface area (Å²) in [6.45, 7) is 2.42. The van der Waals surface area contributed by atoms with E-state index in [0.29, 0.717) is 49.4 Å². The number of nitrogens with one attached hydrogen (secondary N) is 1. The van der Waals surface area contributed by atoms with Crippen molar-refractivity contribution < 1.29 is 19.3 Å². The predicted octanol–water partition coefficient (Wildman–Crippen LogP) is 1.21. The number of aliphatic hydroxyl groups excluding tert-OH is 1. The molecule has 6 heteroatoms. The molecule has 0 saturated carbocycles. The molecule has 0 bridgehead atoms. The van der Waals surface area contributed by atoms with Gasteiger partial charge in [0.05, 0.1) is 17.7 Å². The zero-order chi connectivity index (χ0) is 13.7. The van der Waals surface area contributed by atoms with Gasteiger partial charge in [0.2, 0.25) is 0 Å². The quantitative estimate of drug-likeness (QED) is 0.823. The van der Waals surface area contributed by atoms with Crippen LogP contribution >= 0.6 is 11.6 Å². The van der Waals surface area contributed by atoms with Crippen LogP contribution in [0.4, 0.5) is 0 Å². The van der Waals surface area contributed by atoms with Gasteiger partial charge in [0.15, 0.2) is 11.5 Å². The van der Waals surface area contributed by atoms with Crippen molar-refractivity contribution in [2.24, 2.45) is 0 Å². The molecule has 0 aliphatic carbocycles. The van der Waals surface area contributed by atoms with E-state index in [4.69, 9.17) is 25.8 Å². The third-order valence-electron chi connectivity index (χ3n) is 2.72. The maximum absolute atomic E-state index is 9.52. The van der Waals surface area contributed by atoms with Gasteiger partial charge < -0.3 is 24.6 Å². The van der Waals surface area contributed by atoms with Gasteiger partial charge in [-0.3, -0.25) is 0 Å². The molecule has 5 nitrogen and oxygen atoms in total. The maximum Gasteiger partial charge on any atom is 0.179 e. The van der Waals surface area contributed by atoms with Crippen LogP contribution < -0.4 is 14.8 Å². The summed E-state index contributed by atoms with van der Waals surface area (Å²) < 4.78 is 15.8. The van der Waals surface area contributed by atoms with Crippen molar-refractivity contribution in [3.63, 3.8) is 0 Å². The highest BCUT2D eigenvalue weighted by atomic mass is 35.5. The average molecular weight is 288 g/mol. The molecule has 0 spiro atoms. The number of methoxy groups -OCH3 is 1. The first kappa shape index (κ1) is 14.4. The summed E-state index contributed by atoms with van der Waals surface area (Å²) in [6.07, 6.45) is -0.516. The van der Waals surface area contributed by atoms with Crippen LogP contribution in [-0.4, -0.2) is 44.7 Å². The van der Waals surface area contributed by atoms with Gasteiger partial charge >= 0.3 is 0 Å². The molecule has 19 heavy (non-hydrogen) atoms. The molecule has 1 heterocycles. The molecule has 0 radical (unpaired) electrons. The molecular formula is C13H18ClNO4. The van der Waals surface area contributed by atoms with Gasteiger partial charge in [-0.25, -0.2) is 0 Å². The van der Waals surface area contributed by atoms with E-state index >= 15 is 0 Å². The van der Waals surface area contributed by atoms with E-state index in [1.165, 1.54) is 0 Å². The van der Waals surface area contributed by atoms with Crippen LogP contribution in [0.5, 0.6) is 11.5 Å². The molecule has 1 aromatic carbocycles. The lowest BCUT2D eigenvalue weighted by atomic mass is 10.2.